The number of aliphatic hydroxyl groups excluding tert-OH is 1. The number of aliphatic hydroxyl groups is 1. The molecule has 1 aliphatic rings. The van der Waals surface area contributed by atoms with Crippen LogP contribution in [0, 0.1) is 0 Å². The van der Waals surface area contributed by atoms with Crippen molar-refractivity contribution >= 4 is 34.7 Å². The fourth-order valence-electron chi connectivity index (χ4n) is 3.74. The summed E-state index contributed by atoms with van der Waals surface area (Å²) in [5, 5.41) is 23.3. The van der Waals surface area contributed by atoms with Crippen molar-refractivity contribution in [2.75, 3.05) is 5.75 Å². The van der Waals surface area contributed by atoms with Gasteiger partial charge in [0.25, 0.3) is 0 Å². The summed E-state index contributed by atoms with van der Waals surface area (Å²) in [5.41, 5.74) is 0.874. The quantitative estimate of drug-likeness (QED) is 0.470. The van der Waals surface area contributed by atoms with Crippen LogP contribution in [0.3, 0.4) is 0 Å². The highest BCUT2D eigenvalue weighted by Gasteiger charge is 2.24. The molecule has 4 nitrogen and oxygen atoms in total. The minimum absolute atomic E-state index is 0.467. The third kappa shape index (κ3) is 4.79. The van der Waals surface area contributed by atoms with Crippen LogP contribution >= 0.6 is 34.7 Å². The van der Waals surface area contributed by atoms with Crippen LogP contribution in [0.5, 0.6) is 0 Å². The van der Waals surface area contributed by atoms with Gasteiger partial charge in [0.15, 0.2) is 5.16 Å². The predicted octanol–water partition coefficient (Wildman–Crippen LogP) is 5.91. The normalized spacial score (nSPS) is 16.4. The molecule has 0 spiro atoms. The number of nitrogens with zero attached hydrogens (tertiary/aromatic N) is 3. The van der Waals surface area contributed by atoms with E-state index in [0.29, 0.717) is 16.8 Å². The molecule has 1 N–H and O–H groups in total. The van der Waals surface area contributed by atoms with E-state index in [1.54, 1.807) is 23.1 Å². The van der Waals surface area contributed by atoms with Gasteiger partial charge in [-0.15, -0.1) is 21.5 Å². The number of rotatable bonds is 7. The van der Waals surface area contributed by atoms with Crippen molar-refractivity contribution in [2.24, 2.45) is 0 Å². The second-order valence-electron chi connectivity index (χ2n) is 7.20. The van der Waals surface area contributed by atoms with Gasteiger partial charge >= 0.3 is 0 Å². The molecule has 148 valence electrons. The Morgan fingerprint density at radius 1 is 1.14 bits per heavy atom. The second-order valence-corrected chi connectivity index (χ2v) is 9.65. The molecule has 2 heterocycles. The van der Waals surface area contributed by atoms with E-state index in [0.717, 1.165) is 23.0 Å². The van der Waals surface area contributed by atoms with Crippen LogP contribution in [0.25, 0.3) is 0 Å². The molecule has 1 fully saturated rings. The first-order chi connectivity index (χ1) is 13.7. The van der Waals surface area contributed by atoms with Gasteiger partial charge in [0.05, 0.1) is 6.10 Å². The topological polar surface area (TPSA) is 50.9 Å². The Labute approximate surface area is 179 Å². The minimum atomic E-state index is -0.556. The highest BCUT2D eigenvalue weighted by Crippen LogP contribution is 2.34. The maximum absolute atomic E-state index is 10.6. The van der Waals surface area contributed by atoms with Crippen molar-refractivity contribution in [1.29, 1.82) is 0 Å². The van der Waals surface area contributed by atoms with Crippen LogP contribution in [0.1, 0.15) is 60.5 Å². The van der Waals surface area contributed by atoms with E-state index in [-0.39, 0.29) is 0 Å². The molecule has 3 aromatic rings. The van der Waals surface area contributed by atoms with E-state index in [1.807, 2.05) is 24.3 Å². The molecule has 1 unspecified atom stereocenters. The summed E-state index contributed by atoms with van der Waals surface area (Å²) in [5.74, 6) is 1.59. The summed E-state index contributed by atoms with van der Waals surface area (Å²) >= 11 is 9.30. The fraction of sp³-hybridized carbons (Fsp3) is 0.429. The summed E-state index contributed by atoms with van der Waals surface area (Å²) in [6.45, 7) is 0. The van der Waals surface area contributed by atoms with Crippen molar-refractivity contribution in [3.63, 3.8) is 0 Å². The summed E-state index contributed by atoms with van der Waals surface area (Å²) in [6.07, 6.45) is 6.47. The lowest BCUT2D eigenvalue weighted by atomic mass is 9.95. The zero-order chi connectivity index (χ0) is 19.3. The maximum atomic E-state index is 10.6. The predicted molar refractivity (Wildman–Crippen MR) is 116 cm³/mol. The number of thioether (sulfide) groups is 1. The molecule has 0 radical (unpaired) electrons. The van der Waals surface area contributed by atoms with Crippen molar-refractivity contribution in [3.8, 4) is 0 Å². The zero-order valence-corrected chi connectivity index (χ0v) is 18.0. The van der Waals surface area contributed by atoms with E-state index in [1.165, 1.54) is 37.0 Å². The molecule has 2 aromatic heterocycles. The second kappa shape index (κ2) is 9.44. The van der Waals surface area contributed by atoms with Crippen LogP contribution in [0.4, 0.5) is 0 Å². The van der Waals surface area contributed by atoms with Gasteiger partial charge in [0, 0.05) is 28.1 Å². The number of benzene rings is 1. The van der Waals surface area contributed by atoms with Gasteiger partial charge in [-0.3, -0.25) is 0 Å². The minimum Gasteiger partial charge on any atom is -0.388 e. The van der Waals surface area contributed by atoms with Crippen LogP contribution in [0.2, 0.25) is 5.02 Å². The van der Waals surface area contributed by atoms with Crippen LogP contribution < -0.4 is 0 Å². The van der Waals surface area contributed by atoms with Crippen LogP contribution in [-0.2, 0) is 6.42 Å². The highest BCUT2D eigenvalue weighted by molar-refractivity contribution is 7.99. The molecular formula is C21H24ClN3OS2. The Morgan fingerprint density at radius 3 is 2.64 bits per heavy atom. The number of hydrogen-bond acceptors (Lipinski definition) is 5. The Balaban J connectivity index is 1.52. The summed E-state index contributed by atoms with van der Waals surface area (Å²) in [6, 6.07) is 12.1. The standard InChI is InChI=1S/C21H24ClN3OS2/c22-16-10-8-15(9-11-16)19(26)14-28-21-24-23-20(13-18-7-4-12-27-18)25(21)17-5-2-1-3-6-17/h4,7-12,17,19,26H,1-3,5-6,13-14H2. The third-order valence-electron chi connectivity index (χ3n) is 5.21. The van der Waals surface area contributed by atoms with Gasteiger partial charge < -0.3 is 9.67 Å². The van der Waals surface area contributed by atoms with E-state index in [9.17, 15) is 5.11 Å². The highest BCUT2D eigenvalue weighted by atomic mass is 35.5. The zero-order valence-electron chi connectivity index (χ0n) is 15.6. The molecule has 4 rings (SSSR count). The Bertz CT molecular complexity index is 874. The molecule has 1 saturated carbocycles. The van der Waals surface area contributed by atoms with Crippen molar-refractivity contribution in [1.82, 2.24) is 14.8 Å². The molecule has 1 aliphatic carbocycles. The monoisotopic (exact) mass is 433 g/mol. The molecule has 0 bridgehead atoms. The summed E-state index contributed by atoms with van der Waals surface area (Å²) < 4.78 is 2.35. The molecule has 0 amide bonds. The molecular weight excluding hydrogens is 410 g/mol. The lowest BCUT2D eigenvalue weighted by Crippen LogP contribution is -2.17. The van der Waals surface area contributed by atoms with Gasteiger partial charge in [-0.05, 0) is 42.0 Å². The molecule has 28 heavy (non-hydrogen) atoms. The Hall–Kier alpha value is -1.34. The third-order valence-corrected chi connectivity index (χ3v) is 7.36. The maximum Gasteiger partial charge on any atom is 0.191 e. The Kier molecular flexibility index (Phi) is 6.73. The van der Waals surface area contributed by atoms with Crippen LogP contribution in [-0.4, -0.2) is 25.6 Å². The molecule has 0 saturated heterocycles. The van der Waals surface area contributed by atoms with Gasteiger partial charge in [0.2, 0.25) is 0 Å². The number of halogens is 1. The molecule has 0 aliphatic heterocycles. The number of thiophene rings is 1. The summed E-state index contributed by atoms with van der Waals surface area (Å²) in [7, 11) is 0. The van der Waals surface area contributed by atoms with Gasteiger partial charge in [0.1, 0.15) is 5.82 Å². The first-order valence-corrected chi connectivity index (χ1v) is 12.0. The largest absolute Gasteiger partial charge is 0.388 e. The van der Waals surface area contributed by atoms with E-state index in [2.05, 4.69) is 32.3 Å². The SMILES string of the molecule is OC(CSc1nnc(Cc2cccs2)n1C1CCCCC1)c1ccc(Cl)cc1. The van der Waals surface area contributed by atoms with Gasteiger partial charge in [-0.25, -0.2) is 0 Å². The molecule has 1 aromatic carbocycles. The van der Waals surface area contributed by atoms with E-state index < -0.39 is 6.10 Å². The first kappa shape index (κ1) is 20.0. The van der Waals surface area contributed by atoms with Crippen molar-refractivity contribution in [3.05, 3.63) is 63.1 Å². The van der Waals surface area contributed by atoms with E-state index >= 15 is 0 Å². The Morgan fingerprint density at radius 2 is 1.93 bits per heavy atom. The summed E-state index contributed by atoms with van der Waals surface area (Å²) in [4.78, 5) is 1.31. The molecule has 7 heteroatoms. The first-order valence-electron chi connectivity index (χ1n) is 9.73. The average Bonchev–Trinajstić information content (AvgIpc) is 3.37. The van der Waals surface area contributed by atoms with Crippen LogP contribution in [0.15, 0.2) is 46.9 Å². The van der Waals surface area contributed by atoms with Gasteiger partial charge in [-0.1, -0.05) is 60.8 Å². The van der Waals surface area contributed by atoms with E-state index in [4.69, 9.17) is 11.6 Å². The molecule has 1 atom stereocenters. The van der Waals surface area contributed by atoms with Gasteiger partial charge in [-0.2, -0.15) is 0 Å². The number of aromatic nitrogens is 3. The lowest BCUT2D eigenvalue weighted by Gasteiger charge is -2.25. The van der Waals surface area contributed by atoms with Crippen molar-refractivity contribution in [2.45, 2.75) is 55.8 Å². The van der Waals surface area contributed by atoms with Crippen molar-refractivity contribution < 1.29 is 5.11 Å². The average molecular weight is 434 g/mol. The smallest absolute Gasteiger partial charge is 0.191 e. The number of hydrogen-bond donors (Lipinski definition) is 1. The lowest BCUT2D eigenvalue weighted by molar-refractivity contribution is 0.204. The fourth-order valence-corrected chi connectivity index (χ4v) is 5.55.